The Hall–Kier alpha value is -4.69. The molecular weight excluding hydrogens is 472 g/mol. The second-order valence-corrected chi connectivity index (χ2v) is 9.81. The van der Waals surface area contributed by atoms with Gasteiger partial charge in [0.15, 0.2) is 0 Å². The van der Waals surface area contributed by atoms with E-state index in [9.17, 15) is 0 Å². The highest BCUT2D eigenvalue weighted by Gasteiger charge is 2.15. The lowest BCUT2D eigenvalue weighted by Gasteiger charge is -2.34. The maximum atomic E-state index is 4.87. The summed E-state index contributed by atoms with van der Waals surface area (Å²) in [6.45, 7) is 4.27. The number of piperazine rings is 1. The van der Waals surface area contributed by atoms with E-state index in [-0.39, 0.29) is 0 Å². The Morgan fingerprint density at radius 1 is 0.868 bits per heavy atom. The second-order valence-electron chi connectivity index (χ2n) is 9.81. The number of H-pyrrole nitrogens is 1. The molecule has 0 radical (unpaired) electrons. The molecule has 8 nitrogen and oxygen atoms in total. The van der Waals surface area contributed by atoms with Crippen LogP contribution in [-0.2, 0) is 0 Å². The summed E-state index contributed by atoms with van der Waals surface area (Å²) in [5, 5.41) is 9.10. The fourth-order valence-corrected chi connectivity index (χ4v) is 5.20. The Morgan fingerprint density at radius 3 is 2.66 bits per heavy atom. The summed E-state index contributed by atoms with van der Waals surface area (Å²) >= 11 is 0. The monoisotopic (exact) mass is 500 g/mol. The van der Waals surface area contributed by atoms with Crippen LogP contribution in [0.3, 0.4) is 0 Å². The zero-order valence-electron chi connectivity index (χ0n) is 21.2. The number of aromatic amines is 1. The number of rotatable bonds is 5. The van der Waals surface area contributed by atoms with Crippen LogP contribution in [0, 0.1) is 0 Å². The molecule has 6 heterocycles. The second kappa shape index (κ2) is 9.32. The first-order chi connectivity index (χ1) is 18.7. The van der Waals surface area contributed by atoms with Crippen LogP contribution in [0.5, 0.6) is 0 Å². The fraction of sp³-hybridized carbons (Fsp3) is 0.167. The summed E-state index contributed by atoms with van der Waals surface area (Å²) in [4.78, 5) is 17.3. The van der Waals surface area contributed by atoms with Crippen molar-refractivity contribution in [2.45, 2.75) is 0 Å². The highest BCUT2D eigenvalue weighted by Crippen LogP contribution is 2.32. The van der Waals surface area contributed by atoms with E-state index in [4.69, 9.17) is 4.98 Å². The van der Waals surface area contributed by atoms with Crippen molar-refractivity contribution in [2.75, 3.05) is 43.4 Å². The Morgan fingerprint density at radius 2 is 1.79 bits per heavy atom. The Labute approximate surface area is 220 Å². The van der Waals surface area contributed by atoms with Crippen molar-refractivity contribution in [1.82, 2.24) is 29.5 Å². The van der Waals surface area contributed by atoms with E-state index < -0.39 is 0 Å². The van der Waals surface area contributed by atoms with Gasteiger partial charge in [0.05, 0.1) is 11.7 Å². The first-order valence-corrected chi connectivity index (χ1v) is 12.9. The number of fused-ring (bicyclic) bond motifs is 2. The number of aromatic nitrogens is 5. The predicted octanol–water partition coefficient (Wildman–Crippen LogP) is 5.44. The SMILES string of the molecule is CN1CCN(c2cccc(Nc3ccc4c(-c5ccn6ncc(-c7cccnc7)c6c5)c[nH]c4n3)c2)CC1. The minimum atomic E-state index is 0.812. The van der Waals surface area contributed by atoms with Crippen LogP contribution in [0.15, 0.2) is 91.6 Å². The summed E-state index contributed by atoms with van der Waals surface area (Å²) in [7, 11) is 2.18. The number of pyridine rings is 3. The van der Waals surface area contributed by atoms with Gasteiger partial charge in [-0.1, -0.05) is 12.1 Å². The van der Waals surface area contributed by atoms with E-state index in [1.54, 1.807) is 6.20 Å². The van der Waals surface area contributed by atoms with Crippen LogP contribution in [0.25, 0.3) is 38.8 Å². The van der Waals surface area contributed by atoms with Gasteiger partial charge in [0, 0.05) is 84.4 Å². The first kappa shape index (κ1) is 22.5. The lowest BCUT2D eigenvalue weighted by atomic mass is 10.0. The number of benzene rings is 1. The summed E-state index contributed by atoms with van der Waals surface area (Å²) < 4.78 is 1.90. The third-order valence-corrected chi connectivity index (χ3v) is 7.33. The van der Waals surface area contributed by atoms with Crippen LogP contribution in [0.4, 0.5) is 17.2 Å². The van der Waals surface area contributed by atoms with Gasteiger partial charge >= 0.3 is 0 Å². The molecule has 0 spiro atoms. The van der Waals surface area contributed by atoms with Gasteiger partial charge in [-0.3, -0.25) is 4.98 Å². The van der Waals surface area contributed by atoms with Gasteiger partial charge in [-0.25, -0.2) is 9.50 Å². The number of hydrogen-bond acceptors (Lipinski definition) is 6. The Kier molecular flexibility index (Phi) is 5.52. The molecular formula is C30H28N8. The number of hydrogen-bond donors (Lipinski definition) is 2. The predicted molar refractivity (Wildman–Crippen MR) is 153 cm³/mol. The quantitative estimate of drug-likeness (QED) is 0.329. The van der Waals surface area contributed by atoms with E-state index >= 15 is 0 Å². The highest BCUT2D eigenvalue weighted by atomic mass is 15.2. The van der Waals surface area contributed by atoms with Gasteiger partial charge < -0.3 is 20.1 Å². The molecule has 1 aliphatic heterocycles. The van der Waals surface area contributed by atoms with E-state index in [0.717, 1.165) is 76.5 Å². The molecule has 5 aromatic heterocycles. The van der Waals surface area contributed by atoms with Gasteiger partial charge in [0.2, 0.25) is 0 Å². The van der Waals surface area contributed by atoms with Crippen LogP contribution in [-0.4, -0.2) is 62.7 Å². The Balaban J connectivity index is 1.17. The molecule has 38 heavy (non-hydrogen) atoms. The lowest BCUT2D eigenvalue weighted by Crippen LogP contribution is -2.44. The minimum Gasteiger partial charge on any atom is -0.369 e. The molecule has 1 saturated heterocycles. The van der Waals surface area contributed by atoms with Gasteiger partial charge in [-0.15, -0.1) is 0 Å². The number of nitrogens with zero attached hydrogens (tertiary/aromatic N) is 6. The molecule has 1 aliphatic rings. The number of anilines is 3. The van der Waals surface area contributed by atoms with Crippen LogP contribution >= 0.6 is 0 Å². The molecule has 188 valence electrons. The van der Waals surface area contributed by atoms with Crippen molar-refractivity contribution < 1.29 is 0 Å². The molecule has 1 fully saturated rings. The summed E-state index contributed by atoms with van der Waals surface area (Å²) in [5.74, 6) is 0.812. The van der Waals surface area contributed by atoms with Gasteiger partial charge in [-0.05, 0) is 61.1 Å². The largest absolute Gasteiger partial charge is 0.369 e. The van der Waals surface area contributed by atoms with Crippen LogP contribution in [0.1, 0.15) is 0 Å². The third-order valence-electron chi connectivity index (χ3n) is 7.33. The smallest absolute Gasteiger partial charge is 0.140 e. The average molecular weight is 501 g/mol. The zero-order chi connectivity index (χ0) is 25.5. The fourth-order valence-electron chi connectivity index (χ4n) is 5.20. The molecule has 0 aliphatic carbocycles. The van der Waals surface area contributed by atoms with Crippen molar-refractivity contribution in [3.05, 3.63) is 91.6 Å². The standard InChI is InChI=1S/C30H28N8/c1-36-12-14-37(15-13-36)24-6-2-5-23(17-24)34-29-8-7-25-26(19-32-30(25)35-29)21-9-11-38-28(16-21)27(20-33-38)22-4-3-10-31-18-22/h2-11,16-20H,12-15H2,1H3,(H2,32,34,35). The van der Waals surface area contributed by atoms with Crippen molar-refractivity contribution in [1.29, 1.82) is 0 Å². The maximum Gasteiger partial charge on any atom is 0.140 e. The van der Waals surface area contributed by atoms with E-state index in [2.05, 4.69) is 85.8 Å². The molecule has 0 bridgehead atoms. The van der Waals surface area contributed by atoms with Crippen molar-refractivity contribution in [3.63, 3.8) is 0 Å². The van der Waals surface area contributed by atoms with Gasteiger partial charge in [-0.2, -0.15) is 5.10 Å². The van der Waals surface area contributed by atoms with E-state index in [1.807, 2.05) is 41.4 Å². The van der Waals surface area contributed by atoms with Crippen LogP contribution in [0.2, 0.25) is 0 Å². The topological polar surface area (TPSA) is 77.4 Å². The molecule has 1 aromatic carbocycles. The normalized spacial score (nSPS) is 14.4. The molecule has 0 unspecified atom stereocenters. The minimum absolute atomic E-state index is 0.812. The Bertz CT molecular complexity index is 1730. The molecule has 2 N–H and O–H groups in total. The van der Waals surface area contributed by atoms with E-state index in [0.29, 0.717) is 0 Å². The summed E-state index contributed by atoms with van der Waals surface area (Å²) in [5.41, 5.74) is 8.49. The van der Waals surface area contributed by atoms with Crippen molar-refractivity contribution >= 4 is 33.7 Å². The van der Waals surface area contributed by atoms with Crippen LogP contribution < -0.4 is 10.2 Å². The van der Waals surface area contributed by atoms with E-state index in [1.165, 1.54) is 5.69 Å². The van der Waals surface area contributed by atoms with Crippen molar-refractivity contribution in [3.8, 4) is 22.3 Å². The van der Waals surface area contributed by atoms with Gasteiger partial charge in [0.1, 0.15) is 11.5 Å². The summed E-state index contributed by atoms with van der Waals surface area (Å²) in [6, 6.07) is 21.0. The third kappa shape index (κ3) is 4.14. The molecule has 0 atom stereocenters. The average Bonchev–Trinajstić information content (AvgIpc) is 3.58. The molecule has 0 saturated carbocycles. The molecule has 8 heteroatoms. The number of likely N-dealkylation sites (N-methyl/N-ethyl adjacent to an activating group) is 1. The summed E-state index contributed by atoms with van der Waals surface area (Å²) in [6.07, 6.45) is 9.58. The van der Waals surface area contributed by atoms with Crippen molar-refractivity contribution in [2.24, 2.45) is 0 Å². The van der Waals surface area contributed by atoms with Gasteiger partial charge in [0.25, 0.3) is 0 Å². The molecule has 7 rings (SSSR count). The highest BCUT2D eigenvalue weighted by molar-refractivity contribution is 5.96. The zero-order valence-corrected chi connectivity index (χ0v) is 21.2. The maximum absolute atomic E-state index is 4.87. The first-order valence-electron chi connectivity index (χ1n) is 12.9. The molecule has 6 aromatic rings. The lowest BCUT2D eigenvalue weighted by molar-refractivity contribution is 0.313. The number of nitrogens with one attached hydrogen (secondary N) is 2. The molecule has 0 amide bonds.